The van der Waals surface area contributed by atoms with Gasteiger partial charge in [0.25, 0.3) is 5.91 Å². The van der Waals surface area contributed by atoms with Crippen LogP contribution < -0.4 is 4.90 Å². The Morgan fingerprint density at radius 1 is 1.10 bits per heavy atom. The molecule has 0 aliphatic rings. The van der Waals surface area contributed by atoms with Gasteiger partial charge in [-0.2, -0.15) is 0 Å². The largest absolute Gasteiger partial charge is 0.309 e. The van der Waals surface area contributed by atoms with Crippen molar-refractivity contribution in [3.05, 3.63) is 65.0 Å². The van der Waals surface area contributed by atoms with E-state index in [9.17, 15) is 9.18 Å². The maximum atomic E-state index is 13.0. The fraction of sp³-hybridized carbons (Fsp3) is 0.235. The van der Waals surface area contributed by atoms with E-state index in [-0.39, 0.29) is 11.7 Å². The maximum Gasteiger partial charge on any atom is 0.258 e. The molecule has 0 aromatic heterocycles. The highest BCUT2D eigenvalue weighted by atomic mass is 19.1. The van der Waals surface area contributed by atoms with E-state index in [1.54, 1.807) is 17.0 Å². The highest BCUT2D eigenvalue weighted by Gasteiger charge is 2.18. The first-order valence-electron chi connectivity index (χ1n) is 6.68. The molecule has 0 aliphatic heterocycles. The summed E-state index contributed by atoms with van der Waals surface area (Å²) in [6.07, 6.45) is 0. The second-order valence-corrected chi connectivity index (χ2v) is 4.77. The van der Waals surface area contributed by atoms with Crippen LogP contribution in [-0.4, -0.2) is 12.5 Å². The van der Waals surface area contributed by atoms with Crippen molar-refractivity contribution in [3.8, 4) is 0 Å². The van der Waals surface area contributed by atoms with Crippen LogP contribution >= 0.6 is 0 Å². The van der Waals surface area contributed by atoms with E-state index < -0.39 is 0 Å². The predicted molar refractivity (Wildman–Crippen MR) is 79.7 cm³/mol. The Balaban J connectivity index is 2.39. The van der Waals surface area contributed by atoms with Crippen LogP contribution in [0.3, 0.4) is 0 Å². The normalized spacial score (nSPS) is 10.4. The number of benzene rings is 2. The first-order valence-corrected chi connectivity index (χ1v) is 6.68. The van der Waals surface area contributed by atoms with Gasteiger partial charge in [-0.15, -0.1) is 0 Å². The molecule has 2 nitrogen and oxygen atoms in total. The lowest BCUT2D eigenvalue weighted by atomic mass is 10.0. The average Bonchev–Trinajstić information content (AvgIpc) is 2.44. The summed E-state index contributed by atoms with van der Waals surface area (Å²) in [6, 6.07) is 11.7. The molecule has 0 spiro atoms. The second kappa shape index (κ2) is 5.87. The van der Waals surface area contributed by atoms with Crippen molar-refractivity contribution < 1.29 is 9.18 Å². The topological polar surface area (TPSA) is 20.3 Å². The number of hydrogen-bond acceptors (Lipinski definition) is 1. The summed E-state index contributed by atoms with van der Waals surface area (Å²) in [4.78, 5) is 14.3. The van der Waals surface area contributed by atoms with Crippen molar-refractivity contribution in [2.45, 2.75) is 20.8 Å². The van der Waals surface area contributed by atoms with E-state index in [0.29, 0.717) is 17.8 Å². The molecule has 20 heavy (non-hydrogen) atoms. The maximum absolute atomic E-state index is 13.0. The summed E-state index contributed by atoms with van der Waals surface area (Å²) < 4.78 is 13.0. The summed E-state index contributed by atoms with van der Waals surface area (Å²) in [5.41, 5.74) is 3.47. The third-order valence-electron chi connectivity index (χ3n) is 3.53. The Kier molecular flexibility index (Phi) is 4.18. The molecule has 0 radical (unpaired) electrons. The molecule has 2 rings (SSSR count). The van der Waals surface area contributed by atoms with Gasteiger partial charge in [0.05, 0.1) is 0 Å². The van der Waals surface area contributed by atoms with Crippen LogP contribution in [-0.2, 0) is 0 Å². The molecular formula is C17H18FNO. The number of aryl methyl sites for hydroxylation is 1. The minimum atomic E-state index is -0.302. The van der Waals surface area contributed by atoms with Gasteiger partial charge in [-0.1, -0.05) is 12.1 Å². The Bertz CT molecular complexity index is 619. The minimum Gasteiger partial charge on any atom is -0.309 e. The van der Waals surface area contributed by atoms with Gasteiger partial charge in [-0.3, -0.25) is 4.79 Å². The second-order valence-electron chi connectivity index (χ2n) is 4.77. The molecule has 0 N–H and O–H groups in total. The molecule has 2 aromatic carbocycles. The standard InChI is InChI=1S/C17H18FNO/c1-4-19(15-10-8-14(18)9-11-15)17(20)16-7-5-6-12(2)13(16)3/h5-11H,4H2,1-3H3. The lowest BCUT2D eigenvalue weighted by molar-refractivity contribution is 0.0987. The van der Waals surface area contributed by atoms with Gasteiger partial charge in [0.2, 0.25) is 0 Å². The molecule has 0 fully saturated rings. The van der Waals surface area contributed by atoms with Gasteiger partial charge in [0, 0.05) is 17.8 Å². The molecule has 1 amide bonds. The van der Waals surface area contributed by atoms with Crippen molar-refractivity contribution in [3.63, 3.8) is 0 Å². The number of anilines is 1. The molecule has 0 saturated heterocycles. The quantitative estimate of drug-likeness (QED) is 0.822. The zero-order valence-electron chi connectivity index (χ0n) is 12.0. The lowest BCUT2D eigenvalue weighted by Gasteiger charge is -2.22. The highest BCUT2D eigenvalue weighted by molar-refractivity contribution is 6.07. The molecule has 0 bridgehead atoms. The summed E-state index contributed by atoms with van der Waals surface area (Å²) in [5.74, 6) is -0.357. The number of hydrogen-bond donors (Lipinski definition) is 0. The lowest BCUT2D eigenvalue weighted by Crippen LogP contribution is -2.31. The summed E-state index contributed by atoms with van der Waals surface area (Å²) in [5, 5.41) is 0. The summed E-state index contributed by atoms with van der Waals surface area (Å²) in [6.45, 7) is 6.38. The van der Waals surface area contributed by atoms with E-state index >= 15 is 0 Å². The van der Waals surface area contributed by atoms with Crippen LogP contribution in [0, 0.1) is 19.7 Å². The first-order chi connectivity index (χ1) is 9.54. The molecule has 104 valence electrons. The Labute approximate surface area is 118 Å². The van der Waals surface area contributed by atoms with Crippen LogP contribution in [0.2, 0.25) is 0 Å². The number of rotatable bonds is 3. The SMILES string of the molecule is CCN(C(=O)c1cccc(C)c1C)c1ccc(F)cc1. The van der Waals surface area contributed by atoms with E-state index in [1.165, 1.54) is 12.1 Å². The van der Waals surface area contributed by atoms with Crippen LogP contribution in [0.25, 0.3) is 0 Å². The van der Waals surface area contributed by atoms with Gasteiger partial charge in [-0.25, -0.2) is 4.39 Å². The predicted octanol–water partition coefficient (Wildman–Crippen LogP) is 4.11. The fourth-order valence-electron chi connectivity index (χ4n) is 2.19. The molecule has 0 heterocycles. The molecule has 0 aliphatic carbocycles. The Hall–Kier alpha value is -2.16. The molecule has 3 heteroatoms. The van der Waals surface area contributed by atoms with Crippen molar-refractivity contribution in [1.82, 2.24) is 0 Å². The van der Waals surface area contributed by atoms with Gasteiger partial charge >= 0.3 is 0 Å². The smallest absolute Gasteiger partial charge is 0.258 e. The van der Waals surface area contributed by atoms with Gasteiger partial charge in [0.1, 0.15) is 5.82 Å². The van der Waals surface area contributed by atoms with E-state index in [2.05, 4.69) is 0 Å². The summed E-state index contributed by atoms with van der Waals surface area (Å²) in [7, 11) is 0. The zero-order chi connectivity index (χ0) is 14.7. The number of carbonyl (C=O) groups is 1. The van der Waals surface area contributed by atoms with E-state index in [1.807, 2.05) is 39.0 Å². The fourth-order valence-corrected chi connectivity index (χ4v) is 2.19. The Morgan fingerprint density at radius 2 is 1.75 bits per heavy atom. The first kappa shape index (κ1) is 14.3. The third-order valence-corrected chi connectivity index (χ3v) is 3.53. The van der Waals surface area contributed by atoms with Crippen LogP contribution in [0.15, 0.2) is 42.5 Å². The van der Waals surface area contributed by atoms with Crippen LogP contribution in [0.5, 0.6) is 0 Å². The molecule has 0 saturated carbocycles. The van der Waals surface area contributed by atoms with Crippen LogP contribution in [0.4, 0.5) is 10.1 Å². The third kappa shape index (κ3) is 2.72. The number of nitrogens with zero attached hydrogens (tertiary/aromatic N) is 1. The van der Waals surface area contributed by atoms with Crippen LogP contribution in [0.1, 0.15) is 28.4 Å². The number of halogens is 1. The number of amides is 1. The van der Waals surface area contributed by atoms with Crippen molar-refractivity contribution >= 4 is 11.6 Å². The molecule has 0 atom stereocenters. The number of carbonyl (C=O) groups excluding carboxylic acids is 1. The average molecular weight is 271 g/mol. The minimum absolute atomic E-state index is 0.0553. The van der Waals surface area contributed by atoms with E-state index in [0.717, 1.165) is 11.1 Å². The molecule has 2 aromatic rings. The van der Waals surface area contributed by atoms with Gasteiger partial charge < -0.3 is 4.90 Å². The molecular weight excluding hydrogens is 253 g/mol. The Morgan fingerprint density at radius 3 is 2.35 bits per heavy atom. The zero-order valence-corrected chi connectivity index (χ0v) is 12.0. The molecule has 0 unspecified atom stereocenters. The van der Waals surface area contributed by atoms with Gasteiger partial charge in [0.15, 0.2) is 0 Å². The van der Waals surface area contributed by atoms with Crippen molar-refractivity contribution in [1.29, 1.82) is 0 Å². The summed E-state index contributed by atoms with van der Waals surface area (Å²) >= 11 is 0. The van der Waals surface area contributed by atoms with E-state index in [4.69, 9.17) is 0 Å². The van der Waals surface area contributed by atoms with Crippen molar-refractivity contribution in [2.24, 2.45) is 0 Å². The van der Waals surface area contributed by atoms with Crippen molar-refractivity contribution in [2.75, 3.05) is 11.4 Å². The highest BCUT2D eigenvalue weighted by Crippen LogP contribution is 2.20. The monoisotopic (exact) mass is 271 g/mol. The van der Waals surface area contributed by atoms with Gasteiger partial charge in [-0.05, 0) is 62.2 Å².